The molecule has 0 amide bonds. The molecule has 0 aliphatic heterocycles. The van der Waals surface area contributed by atoms with Crippen LogP contribution in [0.3, 0.4) is 0 Å². The summed E-state index contributed by atoms with van der Waals surface area (Å²) in [4.78, 5) is 7.38. The standard InChI is InChI=1S/C10H8Cl2N4O2S/c11-8-9(12)14-5-15-10(8)16-19(17,18)7-3-1-6(13)2-4-7/h1-5H,13H2,(H,14,15,16). The van der Waals surface area contributed by atoms with E-state index in [1.807, 2.05) is 0 Å². The Labute approximate surface area is 119 Å². The molecule has 0 bridgehead atoms. The van der Waals surface area contributed by atoms with Crippen molar-refractivity contribution in [1.82, 2.24) is 9.97 Å². The number of rotatable bonds is 3. The number of nitrogens with zero attached hydrogens (tertiary/aromatic N) is 2. The Bertz CT molecular complexity index is 704. The first-order chi connectivity index (χ1) is 8.90. The Morgan fingerprint density at radius 3 is 2.37 bits per heavy atom. The number of halogens is 2. The molecule has 1 aromatic heterocycles. The average molecular weight is 319 g/mol. The van der Waals surface area contributed by atoms with Crippen molar-refractivity contribution in [2.45, 2.75) is 4.90 Å². The lowest BCUT2D eigenvalue weighted by Crippen LogP contribution is -2.14. The number of hydrogen-bond acceptors (Lipinski definition) is 5. The third kappa shape index (κ3) is 3.06. The molecule has 6 nitrogen and oxygen atoms in total. The zero-order chi connectivity index (χ0) is 14.0. The lowest BCUT2D eigenvalue weighted by molar-refractivity contribution is 0.601. The number of nitrogens with one attached hydrogen (secondary N) is 1. The monoisotopic (exact) mass is 318 g/mol. The van der Waals surface area contributed by atoms with E-state index < -0.39 is 10.0 Å². The molecular formula is C10H8Cl2N4O2S. The minimum atomic E-state index is -3.81. The second kappa shape index (κ2) is 5.20. The zero-order valence-electron chi connectivity index (χ0n) is 9.34. The van der Waals surface area contributed by atoms with Crippen LogP contribution in [-0.4, -0.2) is 18.4 Å². The first-order valence-electron chi connectivity index (χ1n) is 4.94. The molecule has 0 aliphatic rings. The van der Waals surface area contributed by atoms with E-state index in [-0.39, 0.29) is 20.9 Å². The molecule has 1 heterocycles. The van der Waals surface area contributed by atoms with Crippen LogP contribution in [0.5, 0.6) is 0 Å². The fourth-order valence-corrected chi connectivity index (χ4v) is 2.61. The number of nitrogen functional groups attached to an aromatic ring is 1. The van der Waals surface area contributed by atoms with Gasteiger partial charge >= 0.3 is 0 Å². The van der Waals surface area contributed by atoms with Crippen LogP contribution in [0.2, 0.25) is 10.2 Å². The van der Waals surface area contributed by atoms with Crippen LogP contribution >= 0.6 is 23.2 Å². The van der Waals surface area contributed by atoms with Gasteiger partial charge in [0, 0.05) is 5.69 Å². The van der Waals surface area contributed by atoms with Gasteiger partial charge < -0.3 is 5.73 Å². The normalized spacial score (nSPS) is 11.3. The minimum absolute atomic E-state index is 0.0347. The molecule has 100 valence electrons. The second-order valence-corrected chi connectivity index (χ2v) is 5.92. The maximum absolute atomic E-state index is 12.1. The lowest BCUT2D eigenvalue weighted by atomic mass is 10.3. The minimum Gasteiger partial charge on any atom is -0.399 e. The van der Waals surface area contributed by atoms with E-state index in [0.29, 0.717) is 5.69 Å². The quantitative estimate of drug-likeness (QED) is 0.667. The third-order valence-electron chi connectivity index (χ3n) is 2.17. The molecule has 1 aromatic carbocycles. The van der Waals surface area contributed by atoms with Crippen molar-refractivity contribution < 1.29 is 8.42 Å². The van der Waals surface area contributed by atoms with Crippen LogP contribution in [-0.2, 0) is 10.0 Å². The number of nitrogens with two attached hydrogens (primary N) is 1. The molecule has 9 heteroatoms. The van der Waals surface area contributed by atoms with Gasteiger partial charge in [-0.2, -0.15) is 0 Å². The molecule has 0 spiro atoms. The summed E-state index contributed by atoms with van der Waals surface area (Å²) in [6.45, 7) is 0. The van der Waals surface area contributed by atoms with Gasteiger partial charge in [-0.25, -0.2) is 18.4 Å². The number of aromatic nitrogens is 2. The molecule has 2 rings (SSSR count). The van der Waals surface area contributed by atoms with Crippen molar-refractivity contribution in [3.05, 3.63) is 40.8 Å². The summed E-state index contributed by atoms with van der Waals surface area (Å²) in [5.41, 5.74) is 5.95. The topological polar surface area (TPSA) is 98.0 Å². The molecule has 0 fully saturated rings. The van der Waals surface area contributed by atoms with Crippen molar-refractivity contribution in [3.63, 3.8) is 0 Å². The Kier molecular flexibility index (Phi) is 3.79. The van der Waals surface area contributed by atoms with E-state index in [1.165, 1.54) is 24.3 Å². The molecule has 0 saturated heterocycles. The van der Waals surface area contributed by atoms with E-state index in [0.717, 1.165) is 6.33 Å². The molecule has 0 aliphatic carbocycles. The van der Waals surface area contributed by atoms with Gasteiger partial charge in [0.25, 0.3) is 10.0 Å². The van der Waals surface area contributed by atoms with Gasteiger partial charge in [0.1, 0.15) is 11.3 Å². The van der Waals surface area contributed by atoms with Crippen LogP contribution in [0.15, 0.2) is 35.5 Å². The Morgan fingerprint density at radius 1 is 1.11 bits per heavy atom. The summed E-state index contributed by atoms with van der Waals surface area (Å²) in [5, 5.41) is -0.102. The average Bonchev–Trinajstić information content (AvgIpc) is 2.35. The lowest BCUT2D eigenvalue weighted by Gasteiger charge is -2.08. The molecule has 0 radical (unpaired) electrons. The molecule has 0 unspecified atom stereocenters. The maximum atomic E-state index is 12.1. The van der Waals surface area contributed by atoms with Crippen molar-refractivity contribution >= 4 is 44.7 Å². The summed E-state index contributed by atoms with van der Waals surface area (Å²) < 4.78 is 26.4. The van der Waals surface area contributed by atoms with E-state index >= 15 is 0 Å². The van der Waals surface area contributed by atoms with Gasteiger partial charge in [-0.15, -0.1) is 0 Å². The highest BCUT2D eigenvalue weighted by Crippen LogP contribution is 2.27. The predicted molar refractivity (Wildman–Crippen MR) is 73.7 cm³/mol. The zero-order valence-corrected chi connectivity index (χ0v) is 11.7. The third-order valence-corrected chi connectivity index (χ3v) is 4.26. The largest absolute Gasteiger partial charge is 0.399 e. The molecule has 2 aromatic rings. The number of sulfonamides is 1. The SMILES string of the molecule is Nc1ccc(S(=O)(=O)Nc2ncnc(Cl)c2Cl)cc1. The highest BCUT2D eigenvalue weighted by Gasteiger charge is 2.17. The van der Waals surface area contributed by atoms with Crippen molar-refractivity contribution in [1.29, 1.82) is 0 Å². The molecule has 0 atom stereocenters. The van der Waals surface area contributed by atoms with E-state index in [9.17, 15) is 8.42 Å². The van der Waals surface area contributed by atoms with Crippen LogP contribution < -0.4 is 10.5 Å². The van der Waals surface area contributed by atoms with Crippen LogP contribution in [0.4, 0.5) is 11.5 Å². The Hall–Kier alpha value is -1.57. The summed E-state index contributed by atoms with van der Waals surface area (Å²) in [6, 6.07) is 5.69. The van der Waals surface area contributed by atoms with E-state index in [2.05, 4.69) is 14.7 Å². The van der Waals surface area contributed by atoms with Gasteiger partial charge in [0.15, 0.2) is 11.0 Å². The van der Waals surface area contributed by atoms with Crippen LogP contribution in [0.25, 0.3) is 0 Å². The van der Waals surface area contributed by atoms with E-state index in [1.54, 1.807) is 0 Å². The first kappa shape index (κ1) is 13.9. The van der Waals surface area contributed by atoms with Crippen molar-refractivity contribution in [3.8, 4) is 0 Å². The van der Waals surface area contributed by atoms with Crippen molar-refractivity contribution in [2.75, 3.05) is 10.5 Å². The number of hydrogen-bond donors (Lipinski definition) is 2. The smallest absolute Gasteiger partial charge is 0.263 e. The number of benzene rings is 1. The Morgan fingerprint density at radius 2 is 1.74 bits per heavy atom. The van der Waals surface area contributed by atoms with Gasteiger partial charge in [-0.05, 0) is 24.3 Å². The fraction of sp³-hybridized carbons (Fsp3) is 0. The van der Waals surface area contributed by atoms with Gasteiger partial charge in [-0.1, -0.05) is 23.2 Å². The van der Waals surface area contributed by atoms with Gasteiger partial charge in [-0.3, -0.25) is 4.72 Å². The molecule has 19 heavy (non-hydrogen) atoms. The van der Waals surface area contributed by atoms with Crippen LogP contribution in [0.1, 0.15) is 0 Å². The Balaban J connectivity index is 2.36. The van der Waals surface area contributed by atoms with Crippen LogP contribution in [0, 0.1) is 0 Å². The van der Waals surface area contributed by atoms with Gasteiger partial charge in [0.2, 0.25) is 0 Å². The van der Waals surface area contributed by atoms with E-state index in [4.69, 9.17) is 28.9 Å². The van der Waals surface area contributed by atoms with Gasteiger partial charge in [0.05, 0.1) is 4.90 Å². The number of anilines is 2. The second-order valence-electron chi connectivity index (χ2n) is 3.50. The maximum Gasteiger partial charge on any atom is 0.263 e. The highest BCUT2D eigenvalue weighted by molar-refractivity contribution is 7.92. The summed E-state index contributed by atoms with van der Waals surface area (Å²) in [5.74, 6) is -0.0847. The summed E-state index contributed by atoms with van der Waals surface area (Å²) in [7, 11) is -3.81. The highest BCUT2D eigenvalue weighted by atomic mass is 35.5. The molecule has 0 saturated carbocycles. The molecular weight excluding hydrogens is 311 g/mol. The predicted octanol–water partition coefficient (Wildman–Crippen LogP) is 2.17. The summed E-state index contributed by atoms with van der Waals surface area (Å²) >= 11 is 11.5. The van der Waals surface area contributed by atoms with Crippen molar-refractivity contribution in [2.24, 2.45) is 0 Å². The first-order valence-corrected chi connectivity index (χ1v) is 7.18. The fourth-order valence-electron chi connectivity index (χ4n) is 1.25. The summed E-state index contributed by atoms with van der Waals surface area (Å²) in [6.07, 6.45) is 1.11. The molecule has 3 N–H and O–H groups in total.